The van der Waals surface area contributed by atoms with Gasteiger partial charge in [0.05, 0.1) is 24.6 Å². The molecule has 0 N–H and O–H groups in total. The molecule has 2 aromatic carbocycles. The Labute approximate surface area is 177 Å². The highest BCUT2D eigenvalue weighted by atomic mass is 32.2. The molecule has 1 unspecified atom stereocenters. The first-order valence-corrected chi connectivity index (χ1v) is 10.1. The number of hydrogen-bond donors (Lipinski definition) is 0. The number of rotatable bonds is 6. The Morgan fingerprint density at radius 3 is 2.73 bits per heavy atom. The number of carbonyl (C=O) groups is 1. The van der Waals surface area contributed by atoms with E-state index in [-0.39, 0.29) is 11.2 Å². The smallest absolute Gasteiger partial charge is 0.337 e. The van der Waals surface area contributed by atoms with E-state index in [1.807, 2.05) is 36.0 Å². The van der Waals surface area contributed by atoms with Gasteiger partial charge in [-0.2, -0.15) is 0 Å². The summed E-state index contributed by atoms with van der Waals surface area (Å²) in [6.45, 7) is 2.13. The molecule has 152 valence electrons. The van der Waals surface area contributed by atoms with Crippen LogP contribution >= 0.6 is 11.8 Å². The second kappa shape index (κ2) is 8.50. The summed E-state index contributed by atoms with van der Waals surface area (Å²) in [5, 5.41) is 17.7. The summed E-state index contributed by atoms with van der Waals surface area (Å²) in [5.74, 6) is -0.383. The molecule has 0 saturated heterocycles. The van der Waals surface area contributed by atoms with Gasteiger partial charge in [0.15, 0.2) is 5.16 Å². The first kappa shape index (κ1) is 19.8. The average molecular weight is 420 g/mol. The topological polar surface area (TPSA) is 87.7 Å². The molecule has 0 aliphatic carbocycles. The molecule has 0 amide bonds. The van der Waals surface area contributed by atoms with Crippen LogP contribution in [0.4, 0.5) is 0 Å². The van der Waals surface area contributed by atoms with E-state index in [9.17, 15) is 4.79 Å². The molecule has 0 spiro atoms. The fraction of sp³-hybridized carbons (Fsp3) is 0.190. The summed E-state index contributed by atoms with van der Waals surface area (Å²) < 4.78 is 8.42. The fourth-order valence-corrected chi connectivity index (χ4v) is 3.88. The Bertz CT molecular complexity index is 1190. The maximum absolute atomic E-state index is 11.8. The van der Waals surface area contributed by atoms with Crippen molar-refractivity contribution in [3.8, 4) is 16.9 Å². The van der Waals surface area contributed by atoms with E-state index in [1.54, 1.807) is 41.0 Å². The van der Waals surface area contributed by atoms with E-state index in [0.29, 0.717) is 11.3 Å². The van der Waals surface area contributed by atoms with Crippen molar-refractivity contribution >= 4 is 17.7 Å². The Hall–Kier alpha value is -3.46. The first-order valence-electron chi connectivity index (χ1n) is 9.27. The molecule has 0 radical (unpaired) electrons. The van der Waals surface area contributed by atoms with Gasteiger partial charge >= 0.3 is 5.97 Å². The maximum Gasteiger partial charge on any atom is 0.337 e. The lowest BCUT2D eigenvalue weighted by molar-refractivity contribution is 0.0601. The first-order chi connectivity index (χ1) is 14.5. The molecular weight excluding hydrogens is 400 g/mol. The number of aromatic nitrogens is 6. The molecule has 0 aliphatic rings. The van der Waals surface area contributed by atoms with Gasteiger partial charge in [-0.05, 0) is 36.8 Å². The van der Waals surface area contributed by atoms with Crippen LogP contribution in [0.1, 0.15) is 28.1 Å². The number of methoxy groups -OCH3 is 1. The van der Waals surface area contributed by atoms with Crippen LogP contribution in [0.5, 0.6) is 0 Å². The van der Waals surface area contributed by atoms with Gasteiger partial charge in [0.1, 0.15) is 12.0 Å². The second-order valence-electron chi connectivity index (χ2n) is 6.70. The summed E-state index contributed by atoms with van der Waals surface area (Å²) in [6.07, 6.45) is 3.54. The minimum atomic E-state index is -0.383. The number of aryl methyl sites for hydroxylation is 1. The number of thioether (sulfide) groups is 1. The van der Waals surface area contributed by atoms with Crippen molar-refractivity contribution in [2.75, 3.05) is 7.11 Å². The van der Waals surface area contributed by atoms with Crippen LogP contribution in [0, 0.1) is 0 Å². The Morgan fingerprint density at radius 2 is 1.97 bits per heavy atom. The van der Waals surface area contributed by atoms with Crippen LogP contribution in [0.25, 0.3) is 16.9 Å². The summed E-state index contributed by atoms with van der Waals surface area (Å²) in [6, 6.07) is 15.3. The zero-order valence-corrected chi connectivity index (χ0v) is 17.6. The third-order valence-corrected chi connectivity index (χ3v) is 5.84. The van der Waals surface area contributed by atoms with Crippen molar-refractivity contribution in [3.63, 3.8) is 0 Å². The third-order valence-electron chi connectivity index (χ3n) is 4.63. The van der Waals surface area contributed by atoms with E-state index in [0.717, 1.165) is 22.0 Å². The fourth-order valence-electron chi connectivity index (χ4n) is 2.97. The van der Waals surface area contributed by atoms with Gasteiger partial charge in [0.2, 0.25) is 0 Å². The molecule has 2 heterocycles. The number of ether oxygens (including phenoxy) is 1. The van der Waals surface area contributed by atoms with Crippen LogP contribution in [0.15, 0.2) is 66.2 Å². The highest BCUT2D eigenvalue weighted by Crippen LogP contribution is 2.34. The van der Waals surface area contributed by atoms with Crippen LogP contribution in [-0.4, -0.2) is 42.8 Å². The highest BCUT2D eigenvalue weighted by Gasteiger charge is 2.14. The van der Waals surface area contributed by atoms with Crippen molar-refractivity contribution in [3.05, 3.63) is 72.2 Å². The molecule has 1 atom stereocenters. The van der Waals surface area contributed by atoms with Crippen molar-refractivity contribution in [1.82, 2.24) is 29.8 Å². The molecule has 0 bridgehead atoms. The monoisotopic (exact) mass is 420 g/mol. The molecule has 2 aromatic heterocycles. The molecule has 0 fully saturated rings. The second-order valence-corrected chi connectivity index (χ2v) is 8.01. The molecule has 4 rings (SSSR count). The van der Waals surface area contributed by atoms with Crippen molar-refractivity contribution < 1.29 is 9.53 Å². The summed E-state index contributed by atoms with van der Waals surface area (Å²) in [4.78, 5) is 11.8. The molecule has 0 aliphatic heterocycles. The van der Waals surface area contributed by atoms with Gasteiger partial charge in [-0.1, -0.05) is 41.2 Å². The molecule has 8 nitrogen and oxygen atoms in total. The van der Waals surface area contributed by atoms with Gasteiger partial charge in [-0.15, -0.1) is 15.3 Å². The Balaban J connectivity index is 1.57. The molecule has 0 saturated carbocycles. The minimum absolute atomic E-state index is 0.188. The molecule has 30 heavy (non-hydrogen) atoms. The SMILES string of the molecule is COC(=O)c1cccc(-c2cn(-c3cccc(C(C)Sc4nncn4C)c3)nn2)c1. The van der Waals surface area contributed by atoms with Crippen LogP contribution in [-0.2, 0) is 11.8 Å². The number of carbonyl (C=O) groups excluding carboxylic acids is 1. The number of hydrogen-bond acceptors (Lipinski definition) is 7. The normalized spacial score (nSPS) is 12.0. The standard InChI is InChI=1S/C21H20N6O2S/c1-14(30-21-24-22-13-26(21)2)15-6-5-9-18(11-15)27-12-19(23-25-27)16-7-4-8-17(10-16)20(28)29-3/h4-14H,1-3H3. The Morgan fingerprint density at radius 1 is 1.13 bits per heavy atom. The summed E-state index contributed by atoms with van der Waals surface area (Å²) in [7, 11) is 3.29. The molecular formula is C21H20N6O2S. The van der Waals surface area contributed by atoms with Crippen LogP contribution in [0.2, 0.25) is 0 Å². The predicted molar refractivity (Wildman–Crippen MR) is 113 cm³/mol. The summed E-state index contributed by atoms with van der Waals surface area (Å²) in [5.41, 5.74) is 3.99. The molecule has 4 aromatic rings. The van der Waals surface area contributed by atoms with Gasteiger partial charge in [0, 0.05) is 17.9 Å². The van der Waals surface area contributed by atoms with E-state index < -0.39 is 0 Å². The van der Waals surface area contributed by atoms with Gasteiger partial charge in [0.25, 0.3) is 0 Å². The maximum atomic E-state index is 11.8. The van der Waals surface area contributed by atoms with Gasteiger partial charge in [-0.3, -0.25) is 0 Å². The minimum Gasteiger partial charge on any atom is -0.465 e. The van der Waals surface area contributed by atoms with E-state index in [1.165, 1.54) is 7.11 Å². The lowest BCUT2D eigenvalue weighted by Crippen LogP contribution is -2.00. The number of esters is 1. The number of benzene rings is 2. The van der Waals surface area contributed by atoms with Crippen LogP contribution in [0.3, 0.4) is 0 Å². The van der Waals surface area contributed by atoms with E-state index in [2.05, 4.69) is 39.6 Å². The van der Waals surface area contributed by atoms with Gasteiger partial charge < -0.3 is 9.30 Å². The van der Waals surface area contributed by atoms with Crippen LogP contribution < -0.4 is 0 Å². The third kappa shape index (κ3) is 4.11. The lowest BCUT2D eigenvalue weighted by Gasteiger charge is -2.12. The van der Waals surface area contributed by atoms with Crippen molar-refractivity contribution in [2.45, 2.75) is 17.3 Å². The molecule has 9 heteroatoms. The summed E-state index contributed by atoms with van der Waals surface area (Å²) >= 11 is 1.64. The quantitative estimate of drug-likeness (QED) is 0.347. The largest absolute Gasteiger partial charge is 0.465 e. The number of nitrogens with zero attached hydrogens (tertiary/aromatic N) is 6. The average Bonchev–Trinajstić information content (AvgIpc) is 3.43. The van der Waals surface area contributed by atoms with Crippen molar-refractivity contribution in [1.29, 1.82) is 0 Å². The highest BCUT2D eigenvalue weighted by molar-refractivity contribution is 7.99. The zero-order valence-electron chi connectivity index (χ0n) is 16.8. The van der Waals surface area contributed by atoms with E-state index >= 15 is 0 Å². The van der Waals surface area contributed by atoms with Gasteiger partial charge in [-0.25, -0.2) is 9.48 Å². The van der Waals surface area contributed by atoms with E-state index in [4.69, 9.17) is 4.74 Å². The Kier molecular flexibility index (Phi) is 5.62. The lowest BCUT2D eigenvalue weighted by atomic mass is 10.1. The predicted octanol–water partition coefficient (Wildman–Crippen LogP) is 3.70. The van der Waals surface area contributed by atoms with Crippen molar-refractivity contribution in [2.24, 2.45) is 7.05 Å². The zero-order chi connectivity index (χ0) is 21.1.